The van der Waals surface area contributed by atoms with Crippen LogP contribution in [0.5, 0.6) is 5.75 Å². The first-order chi connectivity index (χ1) is 7.47. The Balaban J connectivity index is 0.00000256. The first-order valence-electron chi connectivity index (χ1n) is 4.59. The lowest BCUT2D eigenvalue weighted by molar-refractivity contribution is 0.0696. The van der Waals surface area contributed by atoms with Gasteiger partial charge in [0.1, 0.15) is 0 Å². The molecule has 0 aromatic heterocycles. The van der Waals surface area contributed by atoms with Crippen LogP contribution < -0.4 is 5.73 Å². The van der Waals surface area contributed by atoms with Gasteiger partial charge < -0.3 is 15.9 Å². The largest absolute Gasteiger partial charge is 0.505 e. The van der Waals surface area contributed by atoms with Crippen molar-refractivity contribution >= 4 is 18.4 Å². The summed E-state index contributed by atoms with van der Waals surface area (Å²) in [6.07, 6.45) is 1.82. The van der Waals surface area contributed by atoms with Crippen LogP contribution in [0.2, 0.25) is 0 Å². The summed E-state index contributed by atoms with van der Waals surface area (Å²) >= 11 is 0. The zero-order valence-electron chi connectivity index (χ0n) is 8.89. The highest BCUT2D eigenvalue weighted by atomic mass is 35.5. The van der Waals surface area contributed by atoms with Gasteiger partial charge in [0.05, 0.1) is 5.56 Å². The molecule has 0 bridgehead atoms. The van der Waals surface area contributed by atoms with Gasteiger partial charge in [-0.15, -0.1) is 19.0 Å². The van der Waals surface area contributed by atoms with Crippen LogP contribution in [0.3, 0.4) is 0 Å². The number of phenols is 1. The van der Waals surface area contributed by atoms with Crippen molar-refractivity contribution in [2.45, 2.75) is 12.5 Å². The van der Waals surface area contributed by atoms with E-state index in [1.807, 2.05) is 0 Å². The Morgan fingerprint density at radius 1 is 1.59 bits per heavy atom. The van der Waals surface area contributed by atoms with Crippen LogP contribution in [-0.2, 0) is 0 Å². The molecule has 0 aliphatic heterocycles. The Hall–Kier alpha value is -1.59. The minimum absolute atomic E-state index is 0. The standard InChI is InChI=1S/C11H12FNO3.ClH/c1-2-3-9(13)7-4-6(11(15)16)5-8(12)10(7)14;/h2,4-5,9,14H,1,3,13H2,(H,15,16);1H/t9-;/m0./s1. The van der Waals surface area contributed by atoms with Crippen molar-refractivity contribution in [1.82, 2.24) is 0 Å². The first kappa shape index (κ1) is 15.4. The molecule has 6 heteroatoms. The number of nitrogens with two attached hydrogens (primary N) is 1. The van der Waals surface area contributed by atoms with E-state index in [1.165, 1.54) is 6.08 Å². The second-order valence-electron chi connectivity index (χ2n) is 3.33. The monoisotopic (exact) mass is 261 g/mol. The van der Waals surface area contributed by atoms with Gasteiger partial charge in [-0.2, -0.15) is 0 Å². The fraction of sp³-hybridized carbons (Fsp3) is 0.182. The molecule has 1 atom stereocenters. The van der Waals surface area contributed by atoms with E-state index in [4.69, 9.17) is 10.8 Å². The van der Waals surface area contributed by atoms with Crippen molar-refractivity contribution < 1.29 is 19.4 Å². The number of aromatic hydroxyl groups is 1. The highest BCUT2D eigenvalue weighted by molar-refractivity contribution is 5.88. The number of carbonyl (C=O) groups is 1. The number of rotatable bonds is 4. The summed E-state index contributed by atoms with van der Waals surface area (Å²) in [5, 5.41) is 18.1. The van der Waals surface area contributed by atoms with Gasteiger partial charge in [0.15, 0.2) is 11.6 Å². The lowest BCUT2D eigenvalue weighted by atomic mass is 10.0. The van der Waals surface area contributed by atoms with E-state index >= 15 is 0 Å². The predicted octanol–water partition coefficient (Wildman–Crippen LogP) is 2.23. The summed E-state index contributed by atoms with van der Waals surface area (Å²) in [6.45, 7) is 3.46. The smallest absolute Gasteiger partial charge is 0.335 e. The predicted molar refractivity (Wildman–Crippen MR) is 64.0 cm³/mol. The molecule has 0 heterocycles. The maximum atomic E-state index is 13.2. The molecule has 17 heavy (non-hydrogen) atoms. The molecule has 0 amide bonds. The maximum Gasteiger partial charge on any atom is 0.335 e. The normalized spacial score (nSPS) is 11.4. The second-order valence-corrected chi connectivity index (χ2v) is 3.33. The van der Waals surface area contributed by atoms with Gasteiger partial charge in [0, 0.05) is 11.6 Å². The quantitative estimate of drug-likeness (QED) is 0.726. The molecule has 0 saturated carbocycles. The number of halogens is 2. The molecule has 94 valence electrons. The van der Waals surface area contributed by atoms with Crippen LogP contribution in [0.1, 0.15) is 28.4 Å². The van der Waals surface area contributed by atoms with Gasteiger partial charge in [-0.05, 0) is 18.6 Å². The third-order valence-electron chi connectivity index (χ3n) is 2.16. The van der Waals surface area contributed by atoms with Gasteiger partial charge >= 0.3 is 5.97 Å². The fourth-order valence-electron chi connectivity index (χ4n) is 1.33. The lowest BCUT2D eigenvalue weighted by Crippen LogP contribution is -2.11. The van der Waals surface area contributed by atoms with E-state index in [9.17, 15) is 14.3 Å². The van der Waals surface area contributed by atoms with Crippen molar-refractivity contribution in [3.8, 4) is 5.75 Å². The molecule has 0 unspecified atom stereocenters. The molecule has 4 N–H and O–H groups in total. The molecule has 0 saturated heterocycles. The number of hydrogen-bond acceptors (Lipinski definition) is 3. The van der Waals surface area contributed by atoms with Crippen molar-refractivity contribution in [3.63, 3.8) is 0 Å². The molecule has 0 spiro atoms. The molecule has 1 rings (SSSR count). The second kappa shape index (κ2) is 6.22. The Morgan fingerprint density at radius 3 is 2.65 bits per heavy atom. The van der Waals surface area contributed by atoms with Crippen LogP contribution in [0.25, 0.3) is 0 Å². The van der Waals surface area contributed by atoms with Gasteiger partial charge in [0.25, 0.3) is 0 Å². The summed E-state index contributed by atoms with van der Waals surface area (Å²) in [7, 11) is 0. The summed E-state index contributed by atoms with van der Waals surface area (Å²) in [5.41, 5.74) is 5.47. The van der Waals surface area contributed by atoms with Gasteiger partial charge in [0.2, 0.25) is 0 Å². The third kappa shape index (κ3) is 3.44. The van der Waals surface area contributed by atoms with Crippen molar-refractivity contribution in [1.29, 1.82) is 0 Å². The van der Waals surface area contributed by atoms with E-state index < -0.39 is 23.6 Å². The maximum absolute atomic E-state index is 13.2. The third-order valence-corrected chi connectivity index (χ3v) is 2.16. The molecular formula is C11H13ClFNO3. The number of carboxylic acid groups (broad SMARTS) is 1. The topological polar surface area (TPSA) is 83.6 Å². The SMILES string of the molecule is C=CC[C@H](N)c1cc(C(=O)O)cc(F)c1O.Cl. The Kier molecular flexibility index (Phi) is 5.64. The van der Waals surface area contributed by atoms with Crippen molar-refractivity contribution in [2.75, 3.05) is 0 Å². The number of carboxylic acids is 1. The van der Waals surface area contributed by atoms with Crippen molar-refractivity contribution in [2.24, 2.45) is 5.73 Å². The Morgan fingerprint density at radius 2 is 2.18 bits per heavy atom. The molecule has 0 aliphatic carbocycles. The first-order valence-corrected chi connectivity index (χ1v) is 4.59. The molecule has 0 radical (unpaired) electrons. The number of phenolic OH excluding ortho intramolecular Hbond substituents is 1. The molecule has 1 aromatic carbocycles. The van der Waals surface area contributed by atoms with E-state index in [0.29, 0.717) is 6.42 Å². The number of aromatic carboxylic acids is 1. The zero-order valence-corrected chi connectivity index (χ0v) is 9.71. The lowest BCUT2D eigenvalue weighted by Gasteiger charge is -2.12. The number of benzene rings is 1. The Bertz CT molecular complexity index is 437. The average Bonchev–Trinajstić information content (AvgIpc) is 2.21. The van der Waals surface area contributed by atoms with E-state index in [1.54, 1.807) is 0 Å². The van der Waals surface area contributed by atoms with Gasteiger partial charge in [-0.3, -0.25) is 0 Å². The highest BCUT2D eigenvalue weighted by Crippen LogP contribution is 2.29. The highest BCUT2D eigenvalue weighted by Gasteiger charge is 2.17. The summed E-state index contributed by atoms with van der Waals surface area (Å²) in [6, 6.07) is 1.24. The molecular weight excluding hydrogens is 249 g/mol. The molecule has 0 aliphatic rings. The van der Waals surface area contributed by atoms with Gasteiger partial charge in [-0.25, -0.2) is 9.18 Å². The Labute approximate surface area is 104 Å². The summed E-state index contributed by atoms with van der Waals surface area (Å²) in [4.78, 5) is 10.7. The van der Waals surface area contributed by atoms with Crippen LogP contribution in [-0.4, -0.2) is 16.2 Å². The minimum Gasteiger partial charge on any atom is -0.505 e. The molecule has 1 aromatic rings. The number of hydrogen-bond donors (Lipinski definition) is 3. The van der Waals surface area contributed by atoms with Crippen LogP contribution in [0.4, 0.5) is 4.39 Å². The fourth-order valence-corrected chi connectivity index (χ4v) is 1.33. The summed E-state index contributed by atoms with van der Waals surface area (Å²) < 4.78 is 13.2. The zero-order chi connectivity index (χ0) is 12.3. The minimum atomic E-state index is -1.27. The summed E-state index contributed by atoms with van der Waals surface area (Å²) in [5.74, 6) is -2.88. The van der Waals surface area contributed by atoms with E-state index in [-0.39, 0.29) is 23.5 Å². The van der Waals surface area contributed by atoms with Crippen molar-refractivity contribution in [3.05, 3.63) is 41.7 Å². The van der Waals surface area contributed by atoms with Crippen LogP contribution in [0, 0.1) is 5.82 Å². The average molecular weight is 262 g/mol. The molecule has 4 nitrogen and oxygen atoms in total. The van der Waals surface area contributed by atoms with Crippen LogP contribution >= 0.6 is 12.4 Å². The van der Waals surface area contributed by atoms with E-state index in [2.05, 4.69) is 6.58 Å². The van der Waals surface area contributed by atoms with E-state index in [0.717, 1.165) is 12.1 Å². The van der Waals surface area contributed by atoms with Gasteiger partial charge in [-0.1, -0.05) is 6.08 Å². The molecule has 0 fully saturated rings. The van der Waals surface area contributed by atoms with Crippen LogP contribution in [0.15, 0.2) is 24.8 Å².